The lowest BCUT2D eigenvalue weighted by Gasteiger charge is -2.05. The molecule has 70 valence electrons. The van der Waals surface area contributed by atoms with E-state index in [9.17, 15) is 10.1 Å². The molecule has 1 aromatic rings. The molecule has 0 saturated carbocycles. The van der Waals surface area contributed by atoms with Gasteiger partial charge in [0.1, 0.15) is 6.20 Å². The Morgan fingerprint density at radius 1 is 1.38 bits per heavy atom. The van der Waals surface area contributed by atoms with Gasteiger partial charge in [-0.25, -0.2) is 0 Å². The fraction of sp³-hybridized carbons (Fsp3) is 0.286. The molecule has 0 saturated heterocycles. The Morgan fingerprint density at radius 2 is 2.08 bits per heavy atom. The van der Waals surface area contributed by atoms with Crippen LogP contribution in [0.1, 0.15) is 0 Å². The summed E-state index contributed by atoms with van der Waals surface area (Å²) < 4.78 is 9.66. The third-order valence-corrected chi connectivity index (χ3v) is 1.47. The molecule has 0 aliphatic carbocycles. The van der Waals surface area contributed by atoms with Gasteiger partial charge >= 0.3 is 5.69 Å². The summed E-state index contributed by atoms with van der Waals surface area (Å²) in [6.07, 6.45) is 2.47. The largest absolute Gasteiger partial charge is 0.491 e. The van der Waals surface area contributed by atoms with Crippen molar-refractivity contribution >= 4 is 5.69 Å². The molecule has 1 rings (SSSR count). The van der Waals surface area contributed by atoms with Crippen molar-refractivity contribution in [2.75, 3.05) is 14.2 Å². The molecule has 6 nitrogen and oxygen atoms in total. The Labute approximate surface area is 74.3 Å². The van der Waals surface area contributed by atoms with Gasteiger partial charge in [-0.1, -0.05) is 0 Å². The van der Waals surface area contributed by atoms with Gasteiger partial charge in [0, 0.05) is 0 Å². The van der Waals surface area contributed by atoms with Crippen LogP contribution in [0, 0.1) is 10.1 Å². The number of ether oxygens (including phenoxy) is 2. The molecule has 1 heterocycles. The highest BCUT2D eigenvalue weighted by Crippen LogP contribution is 2.34. The number of hydrogen-bond acceptors (Lipinski definition) is 5. The molecule has 0 radical (unpaired) electrons. The first-order valence-electron chi connectivity index (χ1n) is 3.41. The molecule has 0 fully saturated rings. The zero-order chi connectivity index (χ0) is 9.84. The third-order valence-electron chi connectivity index (χ3n) is 1.47. The highest BCUT2D eigenvalue weighted by molar-refractivity contribution is 5.53. The highest BCUT2D eigenvalue weighted by atomic mass is 16.6. The van der Waals surface area contributed by atoms with Gasteiger partial charge in [-0.3, -0.25) is 15.1 Å². The average Bonchev–Trinajstić information content (AvgIpc) is 2.16. The Morgan fingerprint density at radius 3 is 2.54 bits per heavy atom. The van der Waals surface area contributed by atoms with E-state index in [1.807, 2.05) is 0 Å². The van der Waals surface area contributed by atoms with Crippen molar-refractivity contribution in [2.24, 2.45) is 0 Å². The van der Waals surface area contributed by atoms with E-state index in [1.165, 1.54) is 20.4 Å². The van der Waals surface area contributed by atoms with Crippen molar-refractivity contribution in [3.05, 3.63) is 22.5 Å². The third kappa shape index (κ3) is 1.66. The maximum absolute atomic E-state index is 10.5. The Hall–Kier alpha value is -1.85. The summed E-state index contributed by atoms with van der Waals surface area (Å²) in [5, 5.41) is 10.5. The second-order valence-corrected chi connectivity index (χ2v) is 2.15. The molecule has 0 spiro atoms. The van der Waals surface area contributed by atoms with Crippen LogP contribution in [-0.2, 0) is 0 Å². The molecule has 0 aromatic carbocycles. The minimum atomic E-state index is -0.575. The number of nitrogens with zero attached hydrogens (tertiary/aromatic N) is 2. The number of hydrogen-bond donors (Lipinski definition) is 0. The molecule has 1 aromatic heterocycles. The van der Waals surface area contributed by atoms with Crippen LogP contribution in [0.25, 0.3) is 0 Å². The molecule has 0 amide bonds. The van der Waals surface area contributed by atoms with Gasteiger partial charge in [-0.15, -0.1) is 0 Å². The van der Waals surface area contributed by atoms with Crippen LogP contribution in [-0.4, -0.2) is 24.1 Å². The topological polar surface area (TPSA) is 74.5 Å². The zero-order valence-corrected chi connectivity index (χ0v) is 7.18. The second-order valence-electron chi connectivity index (χ2n) is 2.15. The van der Waals surface area contributed by atoms with Crippen molar-refractivity contribution in [3.63, 3.8) is 0 Å². The lowest BCUT2D eigenvalue weighted by molar-refractivity contribution is -0.386. The first-order chi connectivity index (χ1) is 6.20. The van der Waals surface area contributed by atoms with E-state index >= 15 is 0 Å². The van der Waals surface area contributed by atoms with Gasteiger partial charge in [0.05, 0.1) is 25.3 Å². The predicted molar refractivity (Wildman–Crippen MR) is 44.0 cm³/mol. The Bertz CT molecular complexity index is 326. The van der Waals surface area contributed by atoms with Crippen molar-refractivity contribution < 1.29 is 14.4 Å². The molecule has 6 heteroatoms. The summed E-state index contributed by atoms with van der Waals surface area (Å²) in [5.41, 5.74) is -0.207. The van der Waals surface area contributed by atoms with Gasteiger partial charge in [-0.05, 0) is 0 Å². The van der Waals surface area contributed by atoms with E-state index in [4.69, 9.17) is 9.47 Å². The van der Waals surface area contributed by atoms with E-state index in [-0.39, 0.29) is 17.2 Å². The molecule has 0 aliphatic rings. The summed E-state index contributed by atoms with van der Waals surface area (Å²) in [6.45, 7) is 0. The van der Waals surface area contributed by atoms with Crippen LogP contribution in [0.15, 0.2) is 12.4 Å². The smallest absolute Gasteiger partial charge is 0.332 e. The van der Waals surface area contributed by atoms with Crippen LogP contribution in [0.3, 0.4) is 0 Å². The number of nitro groups is 1. The quantitative estimate of drug-likeness (QED) is 0.517. The molecule has 0 aliphatic heterocycles. The molecular formula is C7H8N2O4. The second kappa shape index (κ2) is 3.70. The van der Waals surface area contributed by atoms with Gasteiger partial charge in [0.2, 0.25) is 5.75 Å². The number of pyridine rings is 1. The summed E-state index contributed by atoms with van der Waals surface area (Å²) in [5.74, 6) is 0.333. The van der Waals surface area contributed by atoms with Crippen molar-refractivity contribution in [1.82, 2.24) is 4.98 Å². The van der Waals surface area contributed by atoms with Crippen LogP contribution < -0.4 is 9.47 Å². The Balaban J connectivity index is 3.27. The van der Waals surface area contributed by atoms with Crippen molar-refractivity contribution in [3.8, 4) is 11.5 Å². The van der Waals surface area contributed by atoms with Gasteiger partial charge in [0.15, 0.2) is 5.75 Å². The average molecular weight is 184 g/mol. The van der Waals surface area contributed by atoms with E-state index in [0.717, 1.165) is 6.20 Å². The molecule has 0 bridgehead atoms. The molecular weight excluding hydrogens is 176 g/mol. The molecule has 13 heavy (non-hydrogen) atoms. The van der Waals surface area contributed by atoms with E-state index < -0.39 is 4.92 Å². The molecule has 0 atom stereocenters. The predicted octanol–water partition coefficient (Wildman–Crippen LogP) is 1.01. The van der Waals surface area contributed by atoms with Gasteiger partial charge < -0.3 is 9.47 Å². The highest BCUT2D eigenvalue weighted by Gasteiger charge is 2.19. The standard InChI is InChI=1S/C7H8N2O4/c1-12-6-4-8-3-5(9(10)11)7(6)13-2/h3-4H,1-2H3. The first-order valence-corrected chi connectivity index (χ1v) is 3.41. The molecule has 0 unspecified atom stereocenters. The fourth-order valence-corrected chi connectivity index (χ4v) is 0.900. The van der Waals surface area contributed by atoms with Crippen LogP contribution in [0.4, 0.5) is 5.69 Å². The van der Waals surface area contributed by atoms with Crippen molar-refractivity contribution in [1.29, 1.82) is 0 Å². The van der Waals surface area contributed by atoms with Gasteiger partial charge in [0.25, 0.3) is 0 Å². The van der Waals surface area contributed by atoms with Crippen LogP contribution in [0.5, 0.6) is 11.5 Å². The van der Waals surface area contributed by atoms with Gasteiger partial charge in [-0.2, -0.15) is 0 Å². The normalized spacial score (nSPS) is 9.38. The monoisotopic (exact) mass is 184 g/mol. The fourth-order valence-electron chi connectivity index (χ4n) is 0.900. The minimum Gasteiger partial charge on any atom is -0.491 e. The SMILES string of the molecule is COc1cncc([N+](=O)[O-])c1OC. The number of rotatable bonds is 3. The summed E-state index contributed by atoms with van der Waals surface area (Å²) in [7, 11) is 2.73. The van der Waals surface area contributed by atoms with E-state index in [1.54, 1.807) is 0 Å². The lowest BCUT2D eigenvalue weighted by Crippen LogP contribution is -1.97. The number of aromatic nitrogens is 1. The van der Waals surface area contributed by atoms with Crippen molar-refractivity contribution in [2.45, 2.75) is 0 Å². The Kier molecular flexibility index (Phi) is 2.63. The zero-order valence-electron chi connectivity index (χ0n) is 7.18. The maximum Gasteiger partial charge on any atom is 0.332 e. The summed E-state index contributed by atoms with van der Waals surface area (Å²) in [4.78, 5) is 13.5. The van der Waals surface area contributed by atoms with E-state index in [2.05, 4.69) is 4.98 Å². The first kappa shape index (κ1) is 9.24. The number of methoxy groups -OCH3 is 2. The van der Waals surface area contributed by atoms with E-state index in [0.29, 0.717) is 0 Å². The maximum atomic E-state index is 10.5. The summed E-state index contributed by atoms with van der Waals surface area (Å²) in [6, 6.07) is 0. The lowest BCUT2D eigenvalue weighted by atomic mass is 10.3. The molecule has 0 N–H and O–H groups in total. The summed E-state index contributed by atoms with van der Waals surface area (Å²) >= 11 is 0. The van der Waals surface area contributed by atoms with Crippen LogP contribution >= 0.6 is 0 Å². The minimum absolute atomic E-state index is 0.0856. The van der Waals surface area contributed by atoms with Crippen LogP contribution in [0.2, 0.25) is 0 Å².